The molecule has 0 radical (unpaired) electrons. The van der Waals surface area contributed by atoms with E-state index >= 15 is 0 Å². The molecule has 1 saturated heterocycles. The number of aryl methyl sites for hydroxylation is 1. The zero-order valence-corrected chi connectivity index (χ0v) is 19.9. The van der Waals surface area contributed by atoms with Gasteiger partial charge in [0, 0.05) is 23.3 Å². The van der Waals surface area contributed by atoms with E-state index < -0.39 is 0 Å². The molecular formula is C25H25ClN2O2S. The van der Waals surface area contributed by atoms with Crippen LogP contribution in [0, 0.1) is 6.92 Å². The van der Waals surface area contributed by atoms with Crippen LogP contribution < -0.4 is 4.90 Å². The molecule has 1 fully saturated rings. The molecular weight excluding hydrogens is 428 g/mol. The number of imide groups is 1. The van der Waals surface area contributed by atoms with Crippen molar-refractivity contribution in [3.05, 3.63) is 74.7 Å². The summed E-state index contributed by atoms with van der Waals surface area (Å²) < 4.78 is 0. The molecule has 2 aromatic rings. The minimum Gasteiger partial charge on any atom is -0.365 e. The van der Waals surface area contributed by atoms with Gasteiger partial charge < -0.3 is 4.90 Å². The van der Waals surface area contributed by atoms with Gasteiger partial charge in [-0.1, -0.05) is 35.9 Å². The van der Waals surface area contributed by atoms with Crippen molar-refractivity contribution in [1.82, 2.24) is 4.90 Å². The third-order valence-electron chi connectivity index (χ3n) is 6.05. The van der Waals surface area contributed by atoms with Gasteiger partial charge >= 0.3 is 0 Å². The number of allylic oxidation sites excluding steroid dienone is 1. The highest BCUT2D eigenvalue weighted by Gasteiger charge is 2.35. The van der Waals surface area contributed by atoms with Gasteiger partial charge in [0.2, 0.25) is 0 Å². The van der Waals surface area contributed by atoms with Crippen molar-refractivity contribution < 1.29 is 9.59 Å². The van der Waals surface area contributed by atoms with Gasteiger partial charge in [-0.15, -0.1) is 0 Å². The number of carbonyl (C=O) groups is 2. The highest BCUT2D eigenvalue weighted by atomic mass is 35.5. The smallest absolute Gasteiger partial charge is 0.293 e. The van der Waals surface area contributed by atoms with Gasteiger partial charge in [0.15, 0.2) is 0 Å². The minimum atomic E-state index is -0.280. The molecule has 160 valence electrons. The molecule has 2 amide bonds. The van der Waals surface area contributed by atoms with Crippen LogP contribution in [0.3, 0.4) is 0 Å². The van der Waals surface area contributed by atoms with Crippen molar-refractivity contribution in [1.29, 1.82) is 0 Å². The lowest BCUT2D eigenvalue weighted by molar-refractivity contribution is -0.123. The van der Waals surface area contributed by atoms with Crippen LogP contribution in [0.1, 0.15) is 43.0 Å². The maximum atomic E-state index is 13.0. The minimum absolute atomic E-state index is 0.0631. The Bertz CT molecular complexity index is 1170. The Morgan fingerprint density at radius 3 is 2.55 bits per heavy atom. The molecule has 2 aliphatic rings. The molecule has 6 heteroatoms. The summed E-state index contributed by atoms with van der Waals surface area (Å²) in [5, 5.41) is 0.273. The van der Waals surface area contributed by atoms with Crippen LogP contribution in [0.25, 0.3) is 11.6 Å². The Kier molecular flexibility index (Phi) is 5.52. The SMILES string of the molecule is CC1=CC(C)(C)N(C)c2cc(C)c(/C=C3\SC(=O)N(Cc4ccccc4Cl)C3=O)cc21. The highest BCUT2D eigenvalue weighted by Crippen LogP contribution is 2.41. The first-order valence-corrected chi connectivity index (χ1v) is 11.3. The number of hydrogen-bond acceptors (Lipinski definition) is 4. The number of rotatable bonds is 3. The van der Waals surface area contributed by atoms with Crippen molar-refractivity contribution in [2.24, 2.45) is 0 Å². The molecule has 2 heterocycles. The van der Waals surface area contributed by atoms with E-state index in [1.807, 2.05) is 31.2 Å². The Morgan fingerprint density at radius 2 is 1.84 bits per heavy atom. The van der Waals surface area contributed by atoms with Crippen molar-refractivity contribution >= 4 is 51.8 Å². The fourth-order valence-corrected chi connectivity index (χ4v) is 5.07. The molecule has 0 saturated carbocycles. The number of hydrogen-bond donors (Lipinski definition) is 0. The normalized spacial score (nSPS) is 19.2. The van der Waals surface area contributed by atoms with Gasteiger partial charge in [-0.3, -0.25) is 14.5 Å². The average molecular weight is 453 g/mol. The van der Waals surface area contributed by atoms with Gasteiger partial charge in [0.25, 0.3) is 11.1 Å². The quantitative estimate of drug-likeness (QED) is 0.497. The zero-order chi connectivity index (χ0) is 22.5. The summed E-state index contributed by atoms with van der Waals surface area (Å²) in [5.74, 6) is -0.280. The molecule has 0 atom stereocenters. The van der Waals surface area contributed by atoms with Crippen molar-refractivity contribution in [2.45, 2.75) is 39.8 Å². The number of thioether (sulfide) groups is 1. The lowest BCUT2D eigenvalue weighted by Gasteiger charge is -2.41. The zero-order valence-electron chi connectivity index (χ0n) is 18.3. The average Bonchev–Trinajstić information content (AvgIpc) is 2.96. The predicted molar refractivity (Wildman–Crippen MR) is 130 cm³/mol. The molecule has 0 aliphatic carbocycles. The van der Waals surface area contributed by atoms with Crippen molar-refractivity contribution in [2.75, 3.05) is 11.9 Å². The number of benzene rings is 2. The van der Waals surface area contributed by atoms with E-state index in [0.29, 0.717) is 9.93 Å². The third kappa shape index (κ3) is 3.92. The number of amides is 2. The molecule has 4 nitrogen and oxygen atoms in total. The Morgan fingerprint density at radius 1 is 1.13 bits per heavy atom. The van der Waals surface area contributed by atoms with Crippen molar-refractivity contribution in [3.63, 3.8) is 0 Å². The van der Waals surface area contributed by atoms with E-state index in [1.165, 1.54) is 16.2 Å². The van der Waals surface area contributed by atoms with Crippen LogP contribution in [-0.4, -0.2) is 28.6 Å². The molecule has 0 N–H and O–H groups in total. The second-order valence-electron chi connectivity index (χ2n) is 8.63. The fraction of sp³-hybridized carbons (Fsp3) is 0.280. The van der Waals surface area contributed by atoms with E-state index in [0.717, 1.165) is 34.0 Å². The lowest BCUT2D eigenvalue weighted by Crippen LogP contribution is -2.42. The molecule has 31 heavy (non-hydrogen) atoms. The van der Waals surface area contributed by atoms with Crippen molar-refractivity contribution in [3.8, 4) is 0 Å². The molecule has 2 aromatic carbocycles. The third-order valence-corrected chi connectivity index (χ3v) is 7.33. The molecule has 4 rings (SSSR count). The number of nitrogens with zero attached hydrogens (tertiary/aromatic N) is 2. The first-order chi connectivity index (χ1) is 14.6. The predicted octanol–water partition coefficient (Wildman–Crippen LogP) is 6.52. The van der Waals surface area contributed by atoms with Crippen LogP contribution in [0.5, 0.6) is 0 Å². The first kappa shape index (κ1) is 21.7. The monoisotopic (exact) mass is 452 g/mol. The summed E-state index contributed by atoms with van der Waals surface area (Å²) in [6.07, 6.45) is 4.09. The van der Waals surface area contributed by atoms with Gasteiger partial charge in [0.05, 0.1) is 17.0 Å². The number of anilines is 1. The number of halogens is 1. The van der Waals surface area contributed by atoms with Crippen LogP contribution in [0.4, 0.5) is 10.5 Å². The van der Waals surface area contributed by atoms with E-state index in [2.05, 4.69) is 50.9 Å². The molecule has 0 bridgehead atoms. The van der Waals surface area contributed by atoms with E-state index in [9.17, 15) is 9.59 Å². The first-order valence-electron chi connectivity index (χ1n) is 10.2. The number of fused-ring (bicyclic) bond motifs is 1. The van der Waals surface area contributed by atoms with Gasteiger partial charge in [-0.2, -0.15) is 0 Å². The number of carbonyl (C=O) groups excluding carboxylic acids is 2. The van der Waals surface area contributed by atoms with Crippen LogP contribution in [0.15, 0.2) is 47.4 Å². The topological polar surface area (TPSA) is 40.6 Å². The summed E-state index contributed by atoms with van der Waals surface area (Å²) in [7, 11) is 2.10. The van der Waals surface area contributed by atoms with E-state index in [4.69, 9.17) is 11.6 Å². The molecule has 0 spiro atoms. The Hall–Kier alpha value is -2.50. The second kappa shape index (κ2) is 7.88. The molecule has 0 aromatic heterocycles. The lowest BCUT2D eigenvalue weighted by atomic mass is 9.87. The maximum absolute atomic E-state index is 13.0. The fourth-order valence-electron chi connectivity index (χ4n) is 4.05. The Balaban J connectivity index is 1.67. The highest BCUT2D eigenvalue weighted by molar-refractivity contribution is 8.18. The van der Waals surface area contributed by atoms with Gasteiger partial charge in [-0.25, -0.2) is 0 Å². The van der Waals surface area contributed by atoms with Crippen LogP contribution in [0.2, 0.25) is 5.02 Å². The van der Waals surface area contributed by atoms with Crippen LogP contribution in [-0.2, 0) is 11.3 Å². The van der Waals surface area contributed by atoms with Crippen LogP contribution >= 0.6 is 23.4 Å². The summed E-state index contributed by atoms with van der Waals surface area (Å²) in [6, 6.07) is 11.5. The Labute approximate surface area is 192 Å². The molecule has 0 unspecified atom stereocenters. The van der Waals surface area contributed by atoms with E-state index in [1.54, 1.807) is 6.07 Å². The second-order valence-corrected chi connectivity index (χ2v) is 10.0. The summed E-state index contributed by atoms with van der Waals surface area (Å²) >= 11 is 7.20. The van der Waals surface area contributed by atoms with Gasteiger partial charge in [0.1, 0.15) is 0 Å². The summed E-state index contributed by atoms with van der Waals surface area (Å²) in [6.45, 7) is 8.71. The largest absolute Gasteiger partial charge is 0.365 e. The van der Waals surface area contributed by atoms with Gasteiger partial charge in [-0.05, 0) is 86.0 Å². The summed E-state index contributed by atoms with van der Waals surface area (Å²) in [4.78, 5) is 29.5. The standard InChI is InChI=1S/C25H25ClN2O2S/c1-15-10-21-19(16(2)13-25(3,4)27(21)5)11-18(15)12-22-23(29)28(24(30)31-22)14-17-8-6-7-9-20(17)26/h6-13H,14H2,1-5H3/b22-12-. The van der Waals surface area contributed by atoms with E-state index in [-0.39, 0.29) is 23.2 Å². The number of likely N-dealkylation sites (N-methyl/N-ethyl adjacent to an activating group) is 1. The summed E-state index contributed by atoms with van der Waals surface area (Å²) in [5.41, 5.74) is 6.23. The molecule has 2 aliphatic heterocycles. The maximum Gasteiger partial charge on any atom is 0.293 e.